The molecule has 8 aliphatic carbocycles. The van der Waals surface area contributed by atoms with Crippen molar-refractivity contribution in [3.05, 3.63) is 28.8 Å². The molecule has 0 saturated heterocycles. The van der Waals surface area contributed by atoms with Gasteiger partial charge in [-0.2, -0.15) is 0 Å². The van der Waals surface area contributed by atoms with Crippen LogP contribution in [0.1, 0.15) is 114 Å². The molecule has 162 valence electrons. The Morgan fingerprint density at radius 1 is 0.633 bits per heavy atom. The first-order valence-electron chi connectivity index (χ1n) is 13.3. The van der Waals surface area contributed by atoms with Gasteiger partial charge >= 0.3 is 0 Å². The highest BCUT2D eigenvalue weighted by molar-refractivity contribution is 5.51. The molecular formula is C29H40O. The maximum atomic E-state index is 11.6. The maximum absolute atomic E-state index is 11.6. The zero-order chi connectivity index (χ0) is 20.3. The molecule has 8 bridgehead atoms. The summed E-state index contributed by atoms with van der Waals surface area (Å²) in [6.45, 7) is 4.81. The monoisotopic (exact) mass is 404 g/mol. The minimum Gasteiger partial charge on any atom is -0.508 e. The molecule has 0 spiro atoms. The van der Waals surface area contributed by atoms with Gasteiger partial charge in [0, 0.05) is 5.56 Å². The zero-order valence-electron chi connectivity index (χ0n) is 19.1. The summed E-state index contributed by atoms with van der Waals surface area (Å²) in [6, 6.07) is 4.89. The smallest absolute Gasteiger partial charge is 0.119 e. The molecule has 8 aliphatic rings. The predicted octanol–water partition coefficient (Wildman–Crippen LogP) is 7.45. The van der Waals surface area contributed by atoms with E-state index >= 15 is 0 Å². The van der Waals surface area contributed by atoms with E-state index in [9.17, 15) is 5.11 Å². The van der Waals surface area contributed by atoms with Gasteiger partial charge in [-0.25, -0.2) is 0 Å². The molecule has 1 nitrogen and oxygen atoms in total. The summed E-state index contributed by atoms with van der Waals surface area (Å²) in [4.78, 5) is 0. The highest BCUT2D eigenvalue weighted by atomic mass is 16.3. The van der Waals surface area contributed by atoms with Crippen LogP contribution in [0.2, 0.25) is 0 Å². The fourth-order valence-corrected chi connectivity index (χ4v) is 10.8. The van der Waals surface area contributed by atoms with Crippen molar-refractivity contribution < 1.29 is 5.11 Å². The Morgan fingerprint density at radius 2 is 1.00 bits per heavy atom. The first-order chi connectivity index (χ1) is 14.4. The number of aromatic hydroxyl groups is 1. The molecule has 1 N–H and O–H groups in total. The van der Waals surface area contributed by atoms with E-state index in [0.29, 0.717) is 22.5 Å². The number of phenols is 1. The van der Waals surface area contributed by atoms with Crippen molar-refractivity contribution in [3.8, 4) is 5.75 Å². The Labute approximate surface area is 183 Å². The molecule has 0 heterocycles. The molecule has 0 unspecified atom stereocenters. The molecule has 0 radical (unpaired) electrons. The Balaban J connectivity index is 1.34. The van der Waals surface area contributed by atoms with Crippen LogP contribution in [0.5, 0.6) is 5.75 Å². The van der Waals surface area contributed by atoms with Crippen molar-refractivity contribution >= 4 is 0 Å². The van der Waals surface area contributed by atoms with E-state index in [2.05, 4.69) is 26.0 Å². The summed E-state index contributed by atoms with van der Waals surface area (Å²) in [7, 11) is 0. The molecule has 0 aliphatic heterocycles. The molecule has 1 aromatic carbocycles. The third-order valence-corrected chi connectivity index (χ3v) is 11.0. The summed E-state index contributed by atoms with van der Waals surface area (Å²) in [5.41, 5.74) is 5.20. The van der Waals surface area contributed by atoms with Gasteiger partial charge in [0.15, 0.2) is 0 Å². The van der Waals surface area contributed by atoms with Crippen molar-refractivity contribution in [2.75, 3.05) is 0 Å². The zero-order valence-corrected chi connectivity index (χ0v) is 19.1. The summed E-state index contributed by atoms with van der Waals surface area (Å²) >= 11 is 0. The van der Waals surface area contributed by atoms with Crippen molar-refractivity contribution in [1.82, 2.24) is 0 Å². The number of phenolic OH excluding ortho intramolecular Hbond substituents is 1. The van der Waals surface area contributed by atoms with E-state index in [1.165, 1.54) is 82.6 Å². The molecule has 8 saturated carbocycles. The molecule has 8 fully saturated rings. The summed E-state index contributed by atoms with van der Waals surface area (Å²) in [5.74, 6) is 6.90. The Hall–Kier alpha value is -0.980. The van der Waals surface area contributed by atoms with Crippen molar-refractivity contribution in [2.24, 2.45) is 35.5 Å². The average Bonchev–Trinajstić information content (AvgIpc) is 2.65. The van der Waals surface area contributed by atoms with Gasteiger partial charge in [-0.15, -0.1) is 0 Å². The second-order valence-corrected chi connectivity index (χ2v) is 13.5. The number of benzene rings is 1. The topological polar surface area (TPSA) is 20.2 Å². The summed E-state index contributed by atoms with van der Waals surface area (Å²) < 4.78 is 0. The van der Waals surface area contributed by atoms with Crippen molar-refractivity contribution in [3.63, 3.8) is 0 Å². The van der Waals surface area contributed by atoms with Crippen LogP contribution in [0.15, 0.2) is 12.1 Å². The van der Waals surface area contributed by atoms with Crippen LogP contribution in [-0.2, 0) is 10.8 Å². The van der Waals surface area contributed by atoms with Crippen LogP contribution >= 0.6 is 0 Å². The molecule has 1 aromatic rings. The van der Waals surface area contributed by atoms with Gasteiger partial charge in [0.1, 0.15) is 5.75 Å². The van der Waals surface area contributed by atoms with Gasteiger partial charge in [-0.05, 0) is 146 Å². The highest BCUT2D eigenvalue weighted by Crippen LogP contribution is 2.64. The number of hydrogen-bond acceptors (Lipinski definition) is 1. The summed E-state index contributed by atoms with van der Waals surface area (Å²) in [6.07, 6.45) is 17.1. The van der Waals surface area contributed by atoms with Gasteiger partial charge in [-0.3, -0.25) is 0 Å². The fraction of sp³-hybridized carbons (Fsp3) is 0.793. The molecule has 9 rings (SSSR count). The Morgan fingerprint density at radius 3 is 1.37 bits per heavy atom. The molecule has 0 amide bonds. The van der Waals surface area contributed by atoms with Crippen LogP contribution in [0, 0.1) is 35.5 Å². The second kappa shape index (κ2) is 6.08. The van der Waals surface area contributed by atoms with Gasteiger partial charge in [0.05, 0.1) is 0 Å². The van der Waals surface area contributed by atoms with E-state index in [1.807, 2.05) is 0 Å². The van der Waals surface area contributed by atoms with Crippen LogP contribution in [0.4, 0.5) is 0 Å². The second-order valence-electron chi connectivity index (χ2n) is 13.5. The van der Waals surface area contributed by atoms with E-state index in [-0.39, 0.29) is 0 Å². The van der Waals surface area contributed by atoms with E-state index < -0.39 is 0 Å². The van der Waals surface area contributed by atoms with Crippen LogP contribution in [0.3, 0.4) is 0 Å². The van der Waals surface area contributed by atoms with Crippen molar-refractivity contribution in [1.29, 1.82) is 0 Å². The van der Waals surface area contributed by atoms with Gasteiger partial charge in [0.25, 0.3) is 0 Å². The lowest BCUT2D eigenvalue weighted by Crippen LogP contribution is -2.49. The highest BCUT2D eigenvalue weighted by Gasteiger charge is 2.55. The predicted molar refractivity (Wildman–Crippen MR) is 122 cm³/mol. The Bertz CT molecular complexity index is 806. The molecule has 0 aromatic heterocycles. The van der Waals surface area contributed by atoms with Crippen LogP contribution in [-0.4, -0.2) is 5.11 Å². The fourth-order valence-electron chi connectivity index (χ4n) is 10.8. The molecule has 1 heteroatoms. The molecular weight excluding hydrogens is 364 g/mol. The van der Waals surface area contributed by atoms with Gasteiger partial charge in [-0.1, -0.05) is 19.9 Å². The van der Waals surface area contributed by atoms with E-state index in [0.717, 1.165) is 35.5 Å². The first kappa shape index (κ1) is 18.6. The standard InChI is InChI=1S/C29H40O/c1-17(2)24-9-26(29-14-21-6-22(15-29)8-23(7-21)16-29)27(30)10-25(24)28-11-18-3-19(12-28)5-20(4-18)13-28/h9-10,17-23,30H,3-8,11-16H2,1-2H3. The normalized spacial score (nSPS) is 48.1. The lowest BCUT2D eigenvalue weighted by atomic mass is 9.46. The van der Waals surface area contributed by atoms with Crippen LogP contribution < -0.4 is 0 Å². The largest absolute Gasteiger partial charge is 0.508 e. The average molecular weight is 405 g/mol. The number of hydrogen-bond donors (Lipinski definition) is 1. The maximum Gasteiger partial charge on any atom is 0.119 e. The third kappa shape index (κ3) is 2.53. The van der Waals surface area contributed by atoms with Gasteiger partial charge in [0.2, 0.25) is 0 Å². The third-order valence-electron chi connectivity index (χ3n) is 11.0. The van der Waals surface area contributed by atoms with E-state index in [4.69, 9.17) is 0 Å². The van der Waals surface area contributed by atoms with Crippen LogP contribution in [0.25, 0.3) is 0 Å². The summed E-state index contributed by atoms with van der Waals surface area (Å²) in [5, 5.41) is 11.6. The number of rotatable bonds is 3. The lowest BCUT2D eigenvalue weighted by Gasteiger charge is -2.58. The van der Waals surface area contributed by atoms with E-state index in [1.54, 1.807) is 11.1 Å². The SMILES string of the molecule is CC(C)c1cc(C23CC4CC(CC(C4)C2)C3)c(O)cc1C12CC3CC(CC(C3)C1)C2. The van der Waals surface area contributed by atoms with Gasteiger partial charge < -0.3 is 5.11 Å². The van der Waals surface area contributed by atoms with Crippen molar-refractivity contribution in [2.45, 2.75) is 108 Å². The Kier molecular flexibility index (Phi) is 3.76. The molecule has 30 heavy (non-hydrogen) atoms. The molecule has 0 atom stereocenters. The first-order valence-corrected chi connectivity index (χ1v) is 13.3. The minimum atomic E-state index is 0.294. The minimum absolute atomic E-state index is 0.294. The lowest BCUT2D eigenvalue weighted by molar-refractivity contribution is -0.00811. The quantitative estimate of drug-likeness (QED) is 0.554.